The van der Waals surface area contributed by atoms with Crippen LogP contribution in [0.1, 0.15) is 27.4 Å². The summed E-state index contributed by atoms with van der Waals surface area (Å²) in [6, 6.07) is 9.42. The Hall–Kier alpha value is -2.10. The minimum Gasteiger partial charge on any atom is -0.476 e. The fourth-order valence-electron chi connectivity index (χ4n) is 1.40. The van der Waals surface area contributed by atoms with Crippen LogP contribution >= 0.6 is 0 Å². The Labute approximate surface area is 92.5 Å². The number of carbonyl (C=O) groups is 1. The maximum absolute atomic E-state index is 10.6. The average molecular weight is 217 g/mol. The highest BCUT2D eigenvalue weighted by molar-refractivity contribution is 5.85. The molecule has 2 rings (SSSR count). The molecule has 0 unspecified atom stereocenters. The lowest BCUT2D eigenvalue weighted by atomic mass is 10.1. The molecule has 0 saturated heterocycles. The van der Waals surface area contributed by atoms with Crippen molar-refractivity contribution < 1.29 is 14.4 Å². The van der Waals surface area contributed by atoms with Crippen LogP contribution in [0.25, 0.3) is 0 Å². The van der Waals surface area contributed by atoms with Gasteiger partial charge in [-0.15, -0.1) is 0 Å². The molecule has 0 bridgehead atoms. The molecule has 0 radical (unpaired) electrons. The lowest BCUT2D eigenvalue weighted by molar-refractivity contribution is 0.0685. The molecule has 0 amide bonds. The van der Waals surface area contributed by atoms with Crippen molar-refractivity contribution in [3.63, 3.8) is 0 Å². The van der Waals surface area contributed by atoms with Gasteiger partial charge in [0, 0.05) is 12.5 Å². The Bertz CT molecular complexity index is 499. The molecule has 16 heavy (non-hydrogen) atoms. The number of rotatable bonds is 3. The Balaban J connectivity index is 2.14. The summed E-state index contributed by atoms with van der Waals surface area (Å²) in [7, 11) is 0. The van der Waals surface area contributed by atoms with Crippen LogP contribution in [0.2, 0.25) is 0 Å². The molecule has 4 heteroatoms. The van der Waals surface area contributed by atoms with Crippen LogP contribution in [-0.2, 0) is 6.42 Å². The van der Waals surface area contributed by atoms with Gasteiger partial charge in [-0.3, -0.25) is 0 Å². The van der Waals surface area contributed by atoms with Crippen LogP contribution in [0.15, 0.2) is 34.9 Å². The molecule has 0 aliphatic carbocycles. The van der Waals surface area contributed by atoms with Crippen LogP contribution in [0.3, 0.4) is 0 Å². The number of benzene rings is 1. The van der Waals surface area contributed by atoms with Crippen LogP contribution in [-0.4, -0.2) is 16.2 Å². The van der Waals surface area contributed by atoms with Gasteiger partial charge in [0.25, 0.3) is 0 Å². The molecule has 0 aliphatic heterocycles. The van der Waals surface area contributed by atoms with E-state index in [1.54, 1.807) is 0 Å². The van der Waals surface area contributed by atoms with Gasteiger partial charge in [0.05, 0.1) is 0 Å². The van der Waals surface area contributed by atoms with Crippen LogP contribution in [0.5, 0.6) is 0 Å². The molecule has 1 N–H and O–H groups in total. The van der Waals surface area contributed by atoms with Gasteiger partial charge in [-0.05, 0) is 12.5 Å². The van der Waals surface area contributed by atoms with E-state index in [0.29, 0.717) is 12.2 Å². The van der Waals surface area contributed by atoms with Crippen LogP contribution < -0.4 is 0 Å². The Morgan fingerprint density at radius 3 is 2.62 bits per heavy atom. The summed E-state index contributed by atoms with van der Waals surface area (Å²) in [5.74, 6) is -0.514. The number of hydrogen-bond donors (Lipinski definition) is 1. The number of carboxylic acids is 1. The molecule has 2 aromatic rings. The van der Waals surface area contributed by atoms with Gasteiger partial charge in [0.1, 0.15) is 5.76 Å². The quantitative estimate of drug-likeness (QED) is 0.856. The number of aromatic nitrogens is 1. The number of aryl methyl sites for hydroxylation is 1. The van der Waals surface area contributed by atoms with E-state index >= 15 is 0 Å². The number of aromatic carboxylic acids is 1. The zero-order valence-electron chi connectivity index (χ0n) is 8.80. The lowest BCUT2D eigenvalue weighted by Gasteiger charge is -1.97. The topological polar surface area (TPSA) is 63.3 Å². The normalized spacial score (nSPS) is 10.3. The van der Waals surface area contributed by atoms with E-state index in [9.17, 15) is 4.79 Å². The summed E-state index contributed by atoms with van der Waals surface area (Å²) in [6.45, 7) is 2.01. The summed E-state index contributed by atoms with van der Waals surface area (Å²) in [5.41, 5.74) is 2.20. The molecule has 0 fully saturated rings. The van der Waals surface area contributed by atoms with E-state index in [-0.39, 0.29) is 5.69 Å². The van der Waals surface area contributed by atoms with Crippen molar-refractivity contribution in [1.29, 1.82) is 0 Å². The number of hydrogen-bond acceptors (Lipinski definition) is 3. The minimum atomic E-state index is -1.07. The first-order valence-electron chi connectivity index (χ1n) is 4.89. The van der Waals surface area contributed by atoms with Crippen molar-refractivity contribution in [1.82, 2.24) is 5.16 Å². The molecular formula is C12H11NO3. The van der Waals surface area contributed by atoms with Crippen molar-refractivity contribution in [2.75, 3.05) is 0 Å². The van der Waals surface area contributed by atoms with Crippen LogP contribution in [0.4, 0.5) is 0 Å². The second-order valence-electron chi connectivity index (χ2n) is 3.65. The molecule has 4 nitrogen and oxygen atoms in total. The largest absolute Gasteiger partial charge is 0.476 e. The number of nitrogens with zero attached hydrogens (tertiary/aromatic N) is 1. The van der Waals surface area contributed by atoms with E-state index in [0.717, 1.165) is 5.56 Å². The average Bonchev–Trinajstić information content (AvgIpc) is 2.70. The maximum atomic E-state index is 10.6. The molecule has 82 valence electrons. The van der Waals surface area contributed by atoms with Crippen molar-refractivity contribution in [3.05, 3.63) is 52.9 Å². The zero-order chi connectivity index (χ0) is 11.5. The second-order valence-corrected chi connectivity index (χ2v) is 3.65. The van der Waals surface area contributed by atoms with E-state index in [1.807, 2.05) is 31.2 Å². The smallest absolute Gasteiger partial charge is 0.358 e. The molecule has 0 aliphatic rings. The van der Waals surface area contributed by atoms with Crippen molar-refractivity contribution in [2.24, 2.45) is 0 Å². The Kier molecular flexibility index (Phi) is 2.72. The highest BCUT2D eigenvalue weighted by Gasteiger charge is 2.10. The predicted molar refractivity (Wildman–Crippen MR) is 57.4 cm³/mol. The number of carboxylic acid groups (broad SMARTS) is 1. The van der Waals surface area contributed by atoms with Gasteiger partial charge in [0.15, 0.2) is 5.69 Å². The first kappa shape index (κ1) is 10.4. The molecule has 1 aromatic carbocycles. The molecule has 1 heterocycles. The SMILES string of the molecule is Cc1ccc(Cc2cc(C(=O)O)no2)cc1. The molecule has 1 aromatic heterocycles. The van der Waals surface area contributed by atoms with E-state index in [2.05, 4.69) is 5.16 Å². The third-order valence-electron chi connectivity index (χ3n) is 2.28. The highest BCUT2D eigenvalue weighted by atomic mass is 16.5. The first-order valence-corrected chi connectivity index (χ1v) is 4.89. The minimum absolute atomic E-state index is 0.0536. The first-order chi connectivity index (χ1) is 7.65. The van der Waals surface area contributed by atoms with E-state index in [4.69, 9.17) is 9.63 Å². The third-order valence-corrected chi connectivity index (χ3v) is 2.28. The summed E-state index contributed by atoms with van der Waals surface area (Å²) >= 11 is 0. The molecular weight excluding hydrogens is 206 g/mol. The van der Waals surface area contributed by atoms with Gasteiger partial charge in [-0.1, -0.05) is 35.0 Å². The maximum Gasteiger partial charge on any atom is 0.358 e. The van der Waals surface area contributed by atoms with Gasteiger partial charge in [-0.25, -0.2) is 4.79 Å². The molecule has 0 atom stereocenters. The highest BCUT2D eigenvalue weighted by Crippen LogP contribution is 2.11. The van der Waals surface area contributed by atoms with Crippen molar-refractivity contribution >= 4 is 5.97 Å². The Morgan fingerprint density at radius 2 is 2.06 bits per heavy atom. The van der Waals surface area contributed by atoms with Crippen molar-refractivity contribution in [3.8, 4) is 0 Å². The summed E-state index contributed by atoms with van der Waals surface area (Å²) in [4.78, 5) is 10.6. The van der Waals surface area contributed by atoms with Gasteiger partial charge in [-0.2, -0.15) is 0 Å². The third kappa shape index (κ3) is 2.28. The van der Waals surface area contributed by atoms with Gasteiger partial charge < -0.3 is 9.63 Å². The molecule has 0 spiro atoms. The summed E-state index contributed by atoms with van der Waals surface area (Å²) < 4.78 is 4.93. The standard InChI is InChI=1S/C12H11NO3/c1-8-2-4-9(5-3-8)6-10-7-11(12(14)15)13-16-10/h2-5,7H,6H2,1H3,(H,14,15). The molecule has 0 saturated carbocycles. The van der Waals surface area contributed by atoms with E-state index < -0.39 is 5.97 Å². The lowest BCUT2D eigenvalue weighted by Crippen LogP contribution is -1.94. The Morgan fingerprint density at radius 1 is 1.38 bits per heavy atom. The fourth-order valence-corrected chi connectivity index (χ4v) is 1.40. The fraction of sp³-hybridized carbons (Fsp3) is 0.167. The summed E-state index contributed by atoms with van der Waals surface area (Å²) in [5, 5.41) is 12.1. The monoisotopic (exact) mass is 217 g/mol. The summed E-state index contributed by atoms with van der Waals surface area (Å²) in [6.07, 6.45) is 0.556. The van der Waals surface area contributed by atoms with E-state index in [1.165, 1.54) is 11.6 Å². The second kappa shape index (κ2) is 4.18. The van der Waals surface area contributed by atoms with Gasteiger partial charge in [0.2, 0.25) is 0 Å². The predicted octanol–water partition coefficient (Wildman–Crippen LogP) is 2.27. The van der Waals surface area contributed by atoms with Gasteiger partial charge >= 0.3 is 5.97 Å². The van der Waals surface area contributed by atoms with Crippen LogP contribution in [0, 0.1) is 6.92 Å². The zero-order valence-corrected chi connectivity index (χ0v) is 8.80. The van der Waals surface area contributed by atoms with Crippen molar-refractivity contribution in [2.45, 2.75) is 13.3 Å².